The van der Waals surface area contributed by atoms with Gasteiger partial charge in [-0.05, 0) is 43.4 Å². The van der Waals surface area contributed by atoms with Gasteiger partial charge in [-0.2, -0.15) is 0 Å². The number of hydrogen-bond donors (Lipinski definition) is 1. The summed E-state index contributed by atoms with van der Waals surface area (Å²) < 4.78 is 32.9. The zero-order valence-corrected chi connectivity index (χ0v) is 12.9. The van der Waals surface area contributed by atoms with Gasteiger partial charge in [0, 0.05) is 25.8 Å². The molecule has 1 saturated heterocycles. The monoisotopic (exact) mass is 310 g/mol. The molecule has 2 fully saturated rings. The molecule has 1 aliphatic heterocycles. The van der Waals surface area contributed by atoms with Crippen molar-refractivity contribution in [2.45, 2.75) is 43.5 Å². The molecule has 5 nitrogen and oxygen atoms in total. The highest BCUT2D eigenvalue weighted by atomic mass is 32.2. The molecule has 0 amide bonds. The standard InChI is InChI=1S/C15H22N2O3S/c16-11-12-1-3-13(4-2-12)17(14-5-6-14)21(18,19)15-7-9-20-10-8-15/h1-4,14-15H,5-11,16H2. The van der Waals surface area contributed by atoms with E-state index in [1.807, 2.05) is 24.3 Å². The molecule has 3 rings (SSSR count). The van der Waals surface area contributed by atoms with Crippen molar-refractivity contribution in [1.82, 2.24) is 0 Å². The van der Waals surface area contributed by atoms with E-state index in [2.05, 4.69) is 0 Å². The van der Waals surface area contributed by atoms with Gasteiger partial charge in [-0.3, -0.25) is 4.31 Å². The molecule has 0 atom stereocenters. The number of sulfonamides is 1. The quantitative estimate of drug-likeness (QED) is 0.897. The summed E-state index contributed by atoms with van der Waals surface area (Å²) in [5.74, 6) is 0. The van der Waals surface area contributed by atoms with E-state index in [1.54, 1.807) is 4.31 Å². The van der Waals surface area contributed by atoms with Gasteiger partial charge < -0.3 is 10.5 Å². The van der Waals surface area contributed by atoms with Crippen LogP contribution in [0, 0.1) is 0 Å². The van der Waals surface area contributed by atoms with Crippen LogP contribution in [-0.4, -0.2) is 32.9 Å². The van der Waals surface area contributed by atoms with E-state index in [0.717, 1.165) is 24.1 Å². The van der Waals surface area contributed by atoms with E-state index in [-0.39, 0.29) is 11.3 Å². The van der Waals surface area contributed by atoms with Crippen LogP contribution in [0.5, 0.6) is 0 Å². The third-order valence-electron chi connectivity index (χ3n) is 4.17. The van der Waals surface area contributed by atoms with Gasteiger partial charge in [0.25, 0.3) is 0 Å². The maximum atomic E-state index is 13.0. The predicted octanol–water partition coefficient (Wildman–Crippen LogP) is 1.62. The lowest BCUT2D eigenvalue weighted by Gasteiger charge is -2.31. The summed E-state index contributed by atoms with van der Waals surface area (Å²) in [7, 11) is -3.31. The minimum atomic E-state index is -3.31. The molecule has 6 heteroatoms. The van der Waals surface area contributed by atoms with E-state index >= 15 is 0 Å². The molecule has 1 heterocycles. The highest BCUT2D eigenvalue weighted by Gasteiger charge is 2.41. The van der Waals surface area contributed by atoms with Crippen LogP contribution in [0.4, 0.5) is 5.69 Å². The summed E-state index contributed by atoms with van der Waals surface area (Å²) in [6.45, 7) is 1.54. The largest absolute Gasteiger partial charge is 0.381 e. The SMILES string of the molecule is NCc1ccc(N(C2CC2)S(=O)(=O)C2CCOCC2)cc1. The van der Waals surface area contributed by atoms with Crippen LogP contribution >= 0.6 is 0 Å². The van der Waals surface area contributed by atoms with E-state index in [4.69, 9.17) is 10.5 Å². The second-order valence-corrected chi connectivity index (χ2v) is 7.84. The average Bonchev–Trinajstić information content (AvgIpc) is 3.33. The zero-order chi connectivity index (χ0) is 14.9. The van der Waals surface area contributed by atoms with Gasteiger partial charge in [-0.15, -0.1) is 0 Å². The summed E-state index contributed by atoms with van der Waals surface area (Å²) in [6, 6.07) is 7.69. The molecule has 1 aromatic carbocycles. The van der Waals surface area contributed by atoms with Crippen molar-refractivity contribution >= 4 is 15.7 Å². The van der Waals surface area contributed by atoms with Crippen molar-refractivity contribution in [3.05, 3.63) is 29.8 Å². The molecule has 2 N–H and O–H groups in total. The van der Waals surface area contributed by atoms with Crippen molar-refractivity contribution in [3.63, 3.8) is 0 Å². The number of nitrogens with two attached hydrogens (primary N) is 1. The van der Waals surface area contributed by atoms with Crippen LogP contribution in [0.25, 0.3) is 0 Å². The smallest absolute Gasteiger partial charge is 0.238 e. The molecule has 2 aliphatic rings. The molecule has 0 bridgehead atoms. The van der Waals surface area contributed by atoms with E-state index in [9.17, 15) is 8.42 Å². The third-order valence-corrected chi connectivity index (χ3v) is 6.54. The summed E-state index contributed by atoms with van der Waals surface area (Å²) in [6.07, 6.45) is 3.07. The first kappa shape index (κ1) is 14.8. The second kappa shape index (κ2) is 5.94. The van der Waals surface area contributed by atoms with Crippen LogP contribution in [0.3, 0.4) is 0 Å². The highest BCUT2D eigenvalue weighted by Crippen LogP contribution is 2.37. The molecule has 0 radical (unpaired) electrons. The van der Waals surface area contributed by atoms with Crippen molar-refractivity contribution < 1.29 is 13.2 Å². The van der Waals surface area contributed by atoms with E-state index in [1.165, 1.54) is 0 Å². The number of benzene rings is 1. The fourth-order valence-corrected chi connectivity index (χ4v) is 4.94. The second-order valence-electron chi connectivity index (χ2n) is 5.75. The van der Waals surface area contributed by atoms with Crippen LogP contribution < -0.4 is 10.0 Å². The van der Waals surface area contributed by atoms with Crippen molar-refractivity contribution in [1.29, 1.82) is 0 Å². The van der Waals surface area contributed by atoms with Gasteiger partial charge in [-0.1, -0.05) is 12.1 Å². The first-order valence-corrected chi connectivity index (χ1v) is 9.03. The van der Waals surface area contributed by atoms with Crippen LogP contribution in [0.1, 0.15) is 31.2 Å². The Kier molecular flexibility index (Phi) is 4.19. The lowest BCUT2D eigenvalue weighted by molar-refractivity contribution is 0.0983. The number of anilines is 1. The Balaban J connectivity index is 1.89. The number of hydrogen-bond acceptors (Lipinski definition) is 4. The Morgan fingerprint density at radius 2 is 1.71 bits per heavy atom. The Morgan fingerprint density at radius 1 is 1.10 bits per heavy atom. The topological polar surface area (TPSA) is 72.6 Å². The molecule has 116 valence electrons. The number of nitrogens with zero attached hydrogens (tertiary/aromatic N) is 1. The summed E-state index contributed by atoms with van der Waals surface area (Å²) in [5, 5.41) is -0.318. The maximum absolute atomic E-state index is 13.0. The first-order chi connectivity index (χ1) is 10.1. The van der Waals surface area contributed by atoms with Gasteiger partial charge in [0.05, 0.1) is 10.9 Å². The van der Waals surface area contributed by atoms with E-state index in [0.29, 0.717) is 32.6 Å². The van der Waals surface area contributed by atoms with Gasteiger partial charge in [0.15, 0.2) is 0 Å². The molecular weight excluding hydrogens is 288 g/mol. The first-order valence-electron chi connectivity index (χ1n) is 7.53. The molecule has 1 aliphatic carbocycles. The lowest BCUT2D eigenvalue weighted by Crippen LogP contribution is -2.42. The van der Waals surface area contributed by atoms with Gasteiger partial charge >= 0.3 is 0 Å². The van der Waals surface area contributed by atoms with Gasteiger partial charge in [0.2, 0.25) is 10.0 Å². The van der Waals surface area contributed by atoms with Crippen molar-refractivity contribution in [2.75, 3.05) is 17.5 Å². The normalized spacial score (nSPS) is 20.4. The summed E-state index contributed by atoms with van der Waals surface area (Å²) >= 11 is 0. The fourth-order valence-electron chi connectivity index (χ4n) is 2.79. The minimum Gasteiger partial charge on any atom is -0.381 e. The maximum Gasteiger partial charge on any atom is 0.238 e. The predicted molar refractivity (Wildman–Crippen MR) is 82.6 cm³/mol. The molecule has 1 saturated carbocycles. The Bertz CT molecular complexity index is 575. The van der Waals surface area contributed by atoms with Crippen molar-refractivity contribution in [2.24, 2.45) is 5.73 Å². The van der Waals surface area contributed by atoms with Gasteiger partial charge in [-0.25, -0.2) is 8.42 Å². The van der Waals surface area contributed by atoms with Crippen LogP contribution in [-0.2, 0) is 21.3 Å². The average molecular weight is 310 g/mol. The Morgan fingerprint density at radius 3 is 2.24 bits per heavy atom. The molecule has 1 aromatic rings. The Hall–Kier alpha value is -1.11. The molecule has 0 unspecified atom stereocenters. The third kappa shape index (κ3) is 3.07. The molecule has 0 spiro atoms. The fraction of sp³-hybridized carbons (Fsp3) is 0.600. The van der Waals surface area contributed by atoms with Crippen LogP contribution in [0.15, 0.2) is 24.3 Å². The lowest BCUT2D eigenvalue weighted by atomic mass is 10.2. The molecule has 0 aromatic heterocycles. The number of rotatable bonds is 5. The van der Waals surface area contributed by atoms with Crippen molar-refractivity contribution in [3.8, 4) is 0 Å². The zero-order valence-electron chi connectivity index (χ0n) is 12.1. The highest BCUT2D eigenvalue weighted by molar-refractivity contribution is 7.93. The molecular formula is C15H22N2O3S. The number of ether oxygens (including phenoxy) is 1. The summed E-state index contributed by atoms with van der Waals surface area (Å²) in [5.41, 5.74) is 7.38. The minimum absolute atomic E-state index is 0.126. The summed E-state index contributed by atoms with van der Waals surface area (Å²) in [4.78, 5) is 0. The molecule has 21 heavy (non-hydrogen) atoms. The van der Waals surface area contributed by atoms with Crippen LogP contribution in [0.2, 0.25) is 0 Å². The van der Waals surface area contributed by atoms with E-state index < -0.39 is 10.0 Å². The van der Waals surface area contributed by atoms with Gasteiger partial charge in [0.1, 0.15) is 0 Å². The Labute approximate surface area is 126 Å².